The minimum atomic E-state index is -1.00. The summed E-state index contributed by atoms with van der Waals surface area (Å²) in [6.45, 7) is 8.09. The largest absolute Gasteiger partial charge is 0.483 e. The number of rotatable bonds is 3. The number of carbonyl (C=O) groups is 2. The lowest BCUT2D eigenvalue weighted by Crippen LogP contribution is -2.52. The molecule has 0 radical (unpaired) electrons. The van der Waals surface area contributed by atoms with E-state index >= 15 is 0 Å². The molecule has 1 aliphatic rings. The topological polar surface area (TPSA) is 92.0 Å². The highest BCUT2D eigenvalue weighted by Crippen LogP contribution is 2.46. The average molecular weight is 455 g/mol. The fourth-order valence-corrected chi connectivity index (χ4v) is 3.18. The molecule has 1 aliphatic heterocycles. The Kier molecular flexibility index (Phi) is 8.22. The lowest BCUT2D eigenvalue weighted by molar-refractivity contribution is -0.186. The molecular formula is C21H26O7S2. The van der Waals surface area contributed by atoms with Gasteiger partial charge in [0.05, 0.1) is 5.56 Å². The van der Waals surface area contributed by atoms with Crippen molar-refractivity contribution in [3.05, 3.63) is 51.9 Å². The van der Waals surface area contributed by atoms with Crippen molar-refractivity contribution < 1.29 is 28.2 Å². The van der Waals surface area contributed by atoms with Crippen molar-refractivity contribution >= 4 is 49.9 Å². The van der Waals surface area contributed by atoms with Crippen molar-refractivity contribution in [2.75, 3.05) is 0 Å². The molecular weight excluding hydrogens is 428 g/mol. The number of benzene rings is 1. The molecule has 0 N–H and O–H groups in total. The summed E-state index contributed by atoms with van der Waals surface area (Å²) < 4.78 is 22.7. The van der Waals surface area contributed by atoms with Gasteiger partial charge in [-0.25, -0.2) is 9.59 Å². The summed E-state index contributed by atoms with van der Waals surface area (Å²) >= 11 is 0. The molecule has 0 saturated carbocycles. The van der Waals surface area contributed by atoms with Crippen LogP contribution >= 0.6 is 27.0 Å². The van der Waals surface area contributed by atoms with Gasteiger partial charge in [0.15, 0.2) is 12.2 Å². The summed E-state index contributed by atoms with van der Waals surface area (Å²) in [5.74, 6) is -0.715. The third kappa shape index (κ3) is 4.84. The van der Waals surface area contributed by atoms with Gasteiger partial charge in [0.1, 0.15) is 16.9 Å². The van der Waals surface area contributed by atoms with E-state index < -0.39 is 35.4 Å². The van der Waals surface area contributed by atoms with E-state index in [1.165, 1.54) is 13.0 Å². The van der Waals surface area contributed by atoms with Crippen molar-refractivity contribution in [2.45, 2.75) is 52.4 Å². The van der Waals surface area contributed by atoms with Crippen LogP contribution in [0.5, 0.6) is 5.75 Å². The third-order valence-electron chi connectivity index (χ3n) is 4.69. The first-order valence-electron chi connectivity index (χ1n) is 8.91. The molecule has 1 aromatic heterocycles. The van der Waals surface area contributed by atoms with Crippen LogP contribution in [0.15, 0.2) is 45.1 Å². The Morgan fingerprint density at radius 3 is 2.30 bits per heavy atom. The molecule has 30 heavy (non-hydrogen) atoms. The number of carbonyl (C=O) groups excluding carboxylic acids is 2. The van der Waals surface area contributed by atoms with Crippen LogP contribution in [-0.4, -0.2) is 23.6 Å². The lowest BCUT2D eigenvalue weighted by Gasteiger charge is -2.43. The normalized spacial score (nSPS) is 19.4. The number of allylic oxidation sites excluding steroid dienone is 1. The number of hydrogen-bond donors (Lipinski definition) is 0. The van der Waals surface area contributed by atoms with Gasteiger partial charge in [0.2, 0.25) is 0 Å². The molecule has 1 aromatic carbocycles. The van der Waals surface area contributed by atoms with Crippen molar-refractivity contribution in [1.82, 2.24) is 0 Å². The first-order valence-corrected chi connectivity index (χ1v) is 8.91. The molecule has 3 rings (SSSR count). The SMILES string of the molecule is CC=C(C)C(=O)OC1C(OC(C)=O)c2c(ccc3ccc(=O)oc23)OC1(C)C.S.S. The highest BCUT2D eigenvalue weighted by atomic mass is 32.1. The summed E-state index contributed by atoms with van der Waals surface area (Å²) in [6, 6.07) is 6.37. The summed E-state index contributed by atoms with van der Waals surface area (Å²) in [6.07, 6.45) is -0.330. The third-order valence-corrected chi connectivity index (χ3v) is 4.69. The van der Waals surface area contributed by atoms with Crippen molar-refractivity contribution in [3.8, 4) is 5.75 Å². The van der Waals surface area contributed by atoms with Gasteiger partial charge in [0, 0.05) is 23.9 Å². The number of esters is 2. The lowest BCUT2D eigenvalue weighted by atomic mass is 9.87. The van der Waals surface area contributed by atoms with Crippen molar-refractivity contribution in [3.63, 3.8) is 0 Å². The minimum absolute atomic E-state index is 0. The monoisotopic (exact) mass is 454 g/mol. The minimum Gasteiger partial charge on any atom is -0.483 e. The van der Waals surface area contributed by atoms with Gasteiger partial charge in [0.25, 0.3) is 0 Å². The fourth-order valence-electron chi connectivity index (χ4n) is 3.18. The van der Waals surface area contributed by atoms with Crippen LogP contribution in [0.25, 0.3) is 11.0 Å². The van der Waals surface area contributed by atoms with Gasteiger partial charge >= 0.3 is 17.6 Å². The van der Waals surface area contributed by atoms with Crippen LogP contribution < -0.4 is 10.4 Å². The standard InChI is InChI=1S/C21H22O7.2H2S/c1-6-11(2)20(24)27-19-18(25-12(3)22)16-14(28-21(19,4)5)9-7-13-8-10-15(23)26-17(13)16;;/h6-10,18-19H,1-5H3;2*1H2. The molecule has 2 unspecified atom stereocenters. The van der Waals surface area contributed by atoms with Crippen molar-refractivity contribution in [1.29, 1.82) is 0 Å². The Morgan fingerprint density at radius 1 is 1.07 bits per heavy atom. The second-order valence-electron chi connectivity index (χ2n) is 7.18. The molecule has 2 aromatic rings. The fraction of sp³-hybridized carbons (Fsp3) is 0.381. The first kappa shape index (κ1) is 25.6. The van der Waals surface area contributed by atoms with Gasteiger partial charge in [-0.05, 0) is 45.9 Å². The Bertz CT molecular complexity index is 1040. The maximum absolute atomic E-state index is 12.4. The highest BCUT2D eigenvalue weighted by molar-refractivity contribution is 7.59. The zero-order valence-corrected chi connectivity index (χ0v) is 19.4. The molecule has 0 fully saturated rings. The molecule has 0 bridgehead atoms. The highest BCUT2D eigenvalue weighted by Gasteiger charge is 2.50. The van der Waals surface area contributed by atoms with E-state index in [1.54, 1.807) is 52.0 Å². The van der Waals surface area contributed by atoms with E-state index in [0.717, 1.165) is 0 Å². The van der Waals surface area contributed by atoms with Gasteiger partial charge in [-0.2, -0.15) is 27.0 Å². The van der Waals surface area contributed by atoms with Crippen LogP contribution in [0.1, 0.15) is 46.3 Å². The Balaban J connectivity index is 0.00000225. The quantitative estimate of drug-likeness (QED) is 0.397. The van der Waals surface area contributed by atoms with E-state index in [0.29, 0.717) is 22.3 Å². The van der Waals surface area contributed by atoms with E-state index in [4.69, 9.17) is 18.6 Å². The second-order valence-corrected chi connectivity index (χ2v) is 7.18. The van der Waals surface area contributed by atoms with E-state index in [2.05, 4.69) is 0 Å². The van der Waals surface area contributed by atoms with Gasteiger partial charge < -0.3 is 18.6 Å². The Labute approximate surface area is 188 Å². The molecule has 0 aliphatic carbocycles. The zero-order chi connectivity index (χ0) is 20.6. The molecule has 2 atom stereocenters. The molecule has 0 spiro atoms. The van der Waals surface area contributed by atoms with Gasteiger partial charge in [-0.3, -0.25) is 4.79 Å². The molecule has 0 amide bonds. The van der Waals surface area contributed by atoms with Crippen LogP contribution in [-0.2, 0) is 19.1 Å². The van der Waals surface area contributed by atoms with E-state index in [-0.39, 0.29) is 32.6 Å². The number of ether oxygens (including phenoxy) is 3. The van der Waals surface area contributed by atoms with E-state index in [9.17, 15) is 14.4 Å². The number of hydrogen-bond acceptors (Lipinski definition) is 7. The predicted molar refractivity (Wildman–Crippen MR) is 122 cm³/mol. The van der Waals surface area contributed by atoms with Crippen LogP contribution in [0.4, 0.5) is 0 Å². The summed E-state index contributed by atoms with van der Waals surface area (Å²) in [5.41, 5.74) is -0.547. The summed E-state index contributed by atoms with van der Waals surface area (Å²) in [5, 5.41) is 0.633. The van der Waals surface area contributed by atoms with Crippen LogP contribution in [0.3, 0.4) is 0 Å². The van der Waals surface area contributed by atoms with Crippen LogP contribution in [0, 0.1) is 0 Å². The smallest absolute Gasteiger partial charge is 0.336 e. The molecule has 7 nitrogen and oxygen atoms in total. The Morgan fingerprint density at radius 2 is 1.70 bits per heavy atom. The second kappa shape index (κ2) is 9.61. The maximum atomic E-state index is 12.4. The molecule has 9 heteroatoms. The van der Waals surface area contributed by atoms with Crippen molar-refractivity contribution in [2.24, 2.45) is 0 Å². The Hall–Kier alpha value is -2.39. The molecule has 0 saturated heterocycles. The van der Waals surface area contributed by atoms with Crippen LogP contribution in [0.2, 0.25) is 0 Å². The average Bonchev–Trinajstić information content (AvgIpc) is 2.62. The zero-order valence-electron chi connectivity index (χ0n) is 17.4. The molecule has 2 heterocycles. The van der Waals surface area contributed by atoms with Gasteiger partial charge in [-0.15, -0.1) is 0 Å². The maximum Gasteiger partial charge on any atom is 0.336 e. The van der Waals surface area contributed by atoms with Gasteiger partial charge in [-0.1, -0.05) is 6.08 Å². The predicted octanol–water partition coefficient (Wildman–Crippen LogP) is 3.67. The van der Waals surface area contributed by atoms with E-state index in [1.807, 2.05) is 0 Å². The summed E-state index contributed by atoms with van der Waals surface area (Å²) in [7, 11) is 0. The molecule has 164 valence electrons. The number of fused-ring (bicyclic) bond motifs is 3. The summed E-state index contributed by atoms with van der Waals surface area (Å²) in [4.78, 5) is 36.1. The first-order chi connectivity index (χ1) is 13.1.